The molecule has 15 heavy (non-hydrogen) atoms. The zero-order chi connectivity index (χ0) is 10.7. The number of hydrogen-bond acceptors (Lipinski definition) is 3. The molecular formula is C11H7FN2O. The molecule has 0 aliphatic carbocycles. The maximum Gasteiger partial charge on any atom is 0.224 e. The zero-order valence-electron chi connectivity index (χ0n) is 7.72. The fourth-order valence-electron chi connectivity index (χ4n) is 1.21. The smallest absolute Gasteiger partial charge is 0.224 e. The van der Waals surface area contributed by atoms with Crippen molar-refractivity contribution in [1.29, 1.82) is 0 Å². The monoisotopic (exact) mass is 202 g/mol. The van der Waals surface area contributed by atoms with Crippen molar-refractivity contribution in [2.45, 2.75) is 0 Å². The Labute approximate surface area is 85.6 Å². The number of pyridine rings is 2. The van der Waals surface area contributed by atoms with Crippen molar-refractivity contribution in [1.82, 2.24) is 9.97 Å². The zero-order valence-corrected chi connectivity index (χ0v) is 7.72. The number of rotatable bonds is 2. The summed E-state index contributed by atoms with van der Waals surface area (Å²) in [6, 6.07) is 6.01. The normalized spacial score (nSPS) is 9.93. The van der Waals surface area contributed by atoms with Gasteiger partial charge in [0.1, 0.15) is 0 Å². The number of ketones is 1. The second-order valence-electron chi connectivity index (χ2n) is 2.91. The summed E-state index contributed by atoms with van der Waals surface area (Å²) in [6.07, 6.45) is 4.28. The Bertz CT molecular complexity index is 485. The Morgan fingerprint density at radius 2 is 1.87 bits per heavy atom. The Balaban J connectivity index is 2.42. The molecule has 0 bridgehead atoms. The minimum Gasteiger partial charge on any atom is -0.288 e. The van der Waals surface area contributed by atoms with Crippen LogP contribution < -0.4 is 0 Å². The van der Waals surface area contributed by atoms with Gasteiger partial charge in [0.05, 0.1) is 5.56 Å². The first kappa shape index (κ1) is 9.45. The van der Waals surface area contributed by atoms with E-state index in [2.05, 4.69) is 9.97 Å². The summed E-state index contributed by atoms with van der Waals surface area (Å²) in [5.74, 6) is -1.14. The van der Waals surface area contributed by atoms with Gasteiger partial charge in [0.2, 0.25) is 5.95 Å². The van der Waals surface area contributed by atoms with E-state index < -0.39 is 5.95 Å². The van der Waals surface area contributed by atoms with Gasteiger partial charge in [-0.1, -0.05) is 0 Å². The molecule has 0 spiro atoms. The van der Waals surface area contributed by atoms with E-state index in [0.29, 0.717) is 5.56 Å². The average molecular weight is 202 g/mol. The summed E-state index contributed by atoms with van der Waals surface area (Å²) in [5, 5.41) is 0. The van der Waals surface area contributed by atoms with Crippen molar-refractivity contribution < 1.29 is 9.18 Å². The molecule has 2 heterocycles. The third kappa shape index (κ3) is 1.88. The lowest BCUT2D eigenvalue weighted by Gasteiger charge is -2.00. The summed E-state index contributed by atoms with van der Waals surface area (Å²) in [4.78, 5) is 19.0. The van der Waals surface area contributed by atoms with Gasteiger partial charge >= 0.3 is 0 Å². The molecule has 0 saturated heterocycles. The molecule has 0 amide bonds. The van der Waals surface area contributed by atoms with Gasteiger partial charge in [-0.3, -0.25) is 9.78 Å². The highest BCUT2D eigenvalue weighted by Gasteiger charge is 2.13. The van der Waals surface area contributed by atoms with Crippen molar-refractivity contribution in [3.8, 4) is 0 Å². The summed E-state index contributed by atoms with van der Waals surface area (Å²) in [6.45, 7) is 0. The van der Waals surface area contributed by atoms with Crippen LogP contribution in [0, 0.1) is 5.95 Å². The summed E-state index contributed by atoms with van der Waals surface area (Å²) in [7, 11) is 0. The van der Waals surface area contributed by atoms with Crippen LogP contribution in [0.5, 0.6) is 0 Å². The Hall–Kier alpha value is -2.10. The predicted molar refractivity (Wildman–Crippen MR) is 51.9 cm³/mol. The highest BCUT2D eigenvalue weighted by Crippen LogP contribution is 2.10. The summed E-state index contributed by atoms with van der Waals surface area (Å²) in [5.41, 5.74) is 0.376. The van der Waals surface area contributed by atoms with Gasteiger partial charge < -0.3 is 0 Å². The molecule has 4 heteroatoms. The van der Waals surface area contributed by atoms with Crippen LogP contribution in [0.25, 0.3) is 0 Å². The molecule has 0 atom stereocenters. The van der Waals surface area contributed by atoms with E-state index in [4.69, 9.17) is 0 Å². The van der Waals surface area contributed by atoms with Crippen molar-refractivity contribution in [3.63, 3.8) is 0 Å². The molecule has 2 rings (SSSR count). The maximum absolute atomic E-state index is 13.2. The predicted octanol–water partition coefficient (Wildman–Crippen LogP) is 1.85. The van der Waals surface area contributed by atoms with Crippen molar-refractivity contribution in [2.75, 3.05) is 0 Å². The van der Waals surface area contributed by atoms with Crippen LogP contribution in [0.4, 0.5) is 4.39 Å². The lowest BCUT2D eigenvalue weighted by Crippen LogP contribution is -2.05. The van der Waals surface area contributed by atoms with Gasteiger partial charge in [-0.25, -0.2) is 4.98 Å². The minimum absolute atomic E-state index is 0.0244. The summed E-state index contributed by atoms with van der Waals surface area (Å²) < 4.78 is 13.2. The van der Waals surface area contributed by atoms with Gasteiger partial charge in [-0.15, -0.1) is 0 Å². The van der Waals surface area contributed by atoms with E-state index in [-0.39, 0.29) is 11.3 Å². The average Bonchev–Trinajstić information content (AvgIpc) is 2.30. The van der Waals surface area contributed by atoms with Gasteiger partial charge in [0, 0.05) is 24.2 Å². The first-order valence-electron chi connectivity index (χ1n) is 4.34. The third-order valence-corrected chi connectivity index (χ3v) is 1.95. The van der Waals surface area contributed by atoms with Crippen molar-refractivity contribution in [3.05, 3.63) is 59.9 Å². The molecule has 0 aromatic carbocycles. The topological polar surface area (TPSA) is 42.9 Å². The Morgan fingerprint density at radius 1 is 1.13 bits per heavy atom. The molecule has 74 valence electrons. The number of aromatic nitrogens is 2. The van der Waals surface area contributed by atoms with Gasteiger partial charge in [-0.2, -0.15) is 4.39 Å². The SMILES string of the molecule is O=C(c1ccncc1)c1cccnc1F. The second-order valence-corrected chi connectivity index (χ2v) is 2.91. The maximum atomic E-state index is 13.2. The molecule has 0 fully saturated rings. The number of carbonyl (C=O) groups excluding carboxylic acids is 1. The fraction of sp³-hybridized carbons (Fsp3) is 0. The minimum atomic E-state index is -0.751. The van der Waals surface area contributed by atoms with Crippen molar-refractivity contribution >= 4 is 5.78 Å². The van der Waals surface area contributed by atoms with Gasteiger partial charge in [0.25, 0.3) is 0 Å². The van der Waals surface area contributed by atoms with Crippen LogP contribution >= 0.6 is 0 Å². The first-order chi connectivity index (χ1) is 7.29. The molecule has 0 N–H and O–H groups in total. The molecule has 2 aromatic heterocycles. The van der Waals surface area contributed by atoms with Crippen LogP contribution in [-0.2, 0) is 0 Å². The van der Waals surface area contributed by atoms with Crippen molar-refractivity contribution in [2.24, 2.45) is 0 Å². The molecule has 0 unspecified atom stereocenters. The van der Waals surface area contributed by atoms with E-state index in [1.807, 2.05) is 0 Å². The van der Waals surface area contributed by atoms with E-state index in [9.17, 15) is 9.18 Å². The lowest BCUT2D eigenvalue weighted by atomic mass is 10.1. The van der Waals surface area contributed by atoms with Crippen LogP contribution in [0.15, 0.2) is 42.9 Å². The number of hydrogen-bond donors (Lipinski definition) is 0. The number of nitrogens with zero attached hydrogens (tertiary/aromatic N) is 2. The van der Waals surface area contributed by atoms with Gasteiger partial charge in [0.15, 0.2) is 5.78 Å². The molecule has 0 aliphatic rings. The molecule has 0 saturated carbocycles. The van der Waals surface area contributed by atoms with Crippen LogP contribution in [0.3, 0.4) is 0 Å². The third-order valence-electron chi connectivity index (χ3n) is 1.95. The fourth-order valence-corrected chi connectivity index (χ4v) is 1.21. The number of carbonyl (C=O) groups is 1. The van der Waals surface area contributed by atoms with Crippen LogP contribution in [0.1, 0.15) is 15.9 Å². The molecular weight excluding hydrogens is 195 g/mol. The van der Waals surface area contributed by atoms with Crippen LogP contribution in [0.2, 0.25) is 0 Å². The lowest BCUT2D eigenvalue weighted by molar-refractivity contribution is 0.103. The largest absolute Gasteiger partial charge is 0.288 e. The molecule has 3 nitrogen and oxygen atoms in total. The number of halogens is 1. The Morgan fingerprint density at radius 3 is 2.53 bits per heavy atom. The highest BCUT2D eigenvalue weighted by atomic mass is 19.1. The second kappa shape index (κ2) is 3.96. The van der Waals surface area contributed by atoms with E-state index in [0.717, 1.165) is 0 Å². The quantitative estimate of drug-likeness (QED) is 0.551. The summed E-state index contributed by atoms with van der Waals surface area (Å²) >= 11 is 0. The Kier molecular flexibility index (Phi) is 2.49. The molecule has 0 radical (unpaired) electrons. The van der Waals surface area contributed by atoms with E-state index in [1.54, 1.807) is 0 Å². The highest BCUT2D eigenvalue weighted by molar-refractivity contribution is 6.08. The molecule has 2 aromatic rings. The molecule has 0 aliphatic heterocycles. The van der Waals surface area contributed by atoms with E-state index >= 15 is 0 Å². The standard InChI is InChI=1S/C11H7FN2O/c12-11-9(2-1-5-14-11)10(15)8-3-6-13-7-4-8/h1-7H. The van der Waals surface area contributed by atoms with Crippen LogP contribution in [-0.4, -0.2) is 15.8 Å². The van der Waals surface area contributed by atoms with Gasteiger partial charge in [-0.05, 0) is 24.3 Å². The first-order valence-corrected chi connectivity index (χ1v) is 4.34. The van der Waals surface area contributed by atoms with E-state index in [1.165, 1.54) is 42.9 Å².